The van der Waals surface area contributed by atoms with E-state index in [4.69, 9.17) is 0 Å². The van der Waals surface area contributed by atoms with Crippen LogP contribution in [0.2, 0.25) is 0 Å². The first-order chi connectivity index (χ1) is 6.90. The van der Waals surface area contributed by atoms with Crippen molar-refractivity contribution in [1.29, 1.82) is 0 Å². The van der Waals surface area contributed by atoms with E-state index in [0.29, 0.717) is 6.04 Å². The average Bonchev–Trinajstić information content (AvgIpc) is 2.71. The Morgan fingerprint density at radius 3 is 3.21 bits per heavy atom. The van der Waals surface area contributed by atoms with Crippen LogP contribution in [0, 0.1) is 0 Å². The van der Waals surface area contributed by atoms with Gasteiger partial charge in [0.05, 0.1) is 17.8 Å². The lowest BCUT2D eigenvalue weighted by atomic mass is 10.0. The summed E-state index contributed by atoms with van der Waals surface area (Å²) < 4.78 is 0. The number of likely N-dealkylation sites (tertiary alicyclic amines) is 1. The fourth-order valence-corrected chi connectivity index (χ4v) is 2.55. The molecule has 1 unspecified atom stereocenters. The molecule has 2 rings (SSSR count). The number of hydrogen-bond donors (Lipinski definition) is 1. The van der Waals surface area contributed by atoms with Crippen LogP contribution in [0.15, 0.2) is 10.9 Å². The molecule has 1 aliphatic rings. The molecule has 0 amide bonds. The van der Waals surface area contributed by atoms with Gasteiger partial charge in [-0.1, -0.05) is 6.42 Å². The van der Waals surface area contributed by atoms with Gasteiger partial charge in [-0.05, 0) is 19.4 Å². The highest BCUT2D eigenvalue weighted by atomic mass is 32.1. The Morgan fingerprint density at radius 1 is 1.57 bits per heavy atom. The van der Waals surface area contributed by atoms with Crippen molar-refractivity contribution in [2.75, 3.05) is 13.2 Å². The Bertz CT molecular complexity index is 263. The molecule has 0 bridgehead atoms. The minimum absolute atomic E-state index is 0.282. The lowest BCUT2D eigenvalue weighted by Gasteiger charge is -2.33. The summed E-state index contributed by atoms with van der Waals surface area (Å²) in [5, 5.41) is 11.3. The van der Waals surface area contributed by atoms with E-state index in [1.807, 2.05) is 5.51 Å². The van der Waals surface area contributed by atoms with E-state index in [0.717, 1.165) is 25.2 Å². The Balaban J connectivity index is 1.94. The summed E-state index contributed by atoms with van der Waals surface area (Å²) in [4.78, 5) is 6.62. The molecule has 0 radical (unpaired) electrons. The predicted octanol–water partition coefficient (Wildman–Crippen LogP) is 1.49. The summed E-state index contributed by atoms with van der Waals surface area (Å²) in [5.41, 5.74) is 3.00. The Kier molecular flexibility index (Phi) is 3.50. The number of thiazole rings is 1. The first-order valence-corrected chi connectivity index (χ1v) is 6.06. The second-order valence-corrected chi connectivity index (χ2v) is 4.50. The molecular weight excluding hydrogens is 196 g/mol. The number of hydrogen-bond acceptors (Lipinski definition) is 4. The van der Waals surface area contributed by atoms with Crippen molar-refractivity contribution < 1.29 is 5.11 Å². The predicted molar refractivity (Wildman–Crippen MR) is 57.2 cm³/mol. The third kappa shape index (κ3) is 2.32. The third-order valence-electron chi connectivity index (χ3n) is 2.81. The molecule has 4 heteroatoms. The molecule has 1 aliphatic heterocycles. The highest BCUT2D eigenvalue weighted by Gasteiger charge is 2.21. The van der Waals surface area contributed by atoms with Crippen molar-refractivity contribution in [2.24, 2.45) is 0 Å². The van der Waals surface area contributed by atoms with Gasteiger partial charge in [-0.25, -0.2) is 4.98 Å². The fraction of sp³-hybridized carbons (Fsp3) is 0.700. The van der Waals surface area contributed by atoms with Crippen LogP contribution in [-0.4, -0.2) is 34.2 Å². The largest absolute Gasteiger partial charge is 0.395 e. The van der Waals surface area contributed by atoms with E-state index in [9.17, 15) is 5.11 Å². The molecule has 1 aromatic heterocycles. The lowest BCUT2D eigenvalue weighted by Crippen LogP contribution is -2.41. The van der Waals surface area contributed by atoms with Crippen molar-refractivity contribution in [1.82, 2.24) is 9.88 Å². The van der Waals surface area contributed by atoms with Gasteiger partial charge >= 0.3 is 0 Å². The van der Waals surface area contributed by atoms with E-state index < -0.39 is 0 Å². The molecule has 0 saturated carbocycles. The minimum Gasteiger partial charge on any atom is -0.395 e. The molecule has 1 saturated heterocycles. The van der Waals surface area contributed by atoms with E-state index in [1.165, 1.54) is 12.8 Å². The number of rotatable bonds is 3. The molecular formula is C10H16N2OS. The highest BCUT2D eigenvalue weighted by molar-refractivity contribution is 7.07. The zero-order chi connectivity index (χ0) is 9.80. The van der Waals surface area contributed by atoms with Crippen molar-refractivity contribution in [2.45, 2.75) is 31.8 Å². The molecule has 1 atom stereocenters. The maximum Gasteiger partial charge on any atom is 0.0795 e. The van der Waals surface area contributed by atoms with Crippen molar-refractivity contribution in [3.8, 4) is 0 Å². The second-order valence-electron chi connectivity index (χ2n) is 3.78. The Hall–Kier alpha value is -0.450. The van der Waals surface area contributed by atoms with Crippen LogP contribution in [0.3, 0.4) is 0 Å². The van der Waals surface area contributed by atoms with Crippen LogP contribution in [0.5, 0.6) is 0 Å². The van der Waals surface area contributed by atoms with Gasteiger partial charge in [0.2, 0.25) is 0 Å². The molecule has 14 heavy (non-hydrogen) atoms. The van der Waals surface area contributed by atoms with Gasteiger partial charge in [-0.15, -0.1) is 11.3 Å². The van der Waals surface area contributed by atoms with Crippen LogP contribution in [-0.2, 0) is 6.54 Å². The zero-order valence-corrected chi connectivity index (χ0v) is 9.04. The number of nitrogens with zero attached hydrogens (tertiary/aromatic N) is 2. The molecule has 78 valence electrons. The number of aliphatic hydroxyl groups is 1. The Labute approximate surface area is 88.4 Å². The third-order valence-corrected chi connectivity index (χ3v) is 3.44. The number of aromatic nitrogens is 1. The minimum atomic E-state index is 0.282. The Morgan fingerprint density at radius 2 is 2.50 bits per heavy atom. The molecule has 0 spiro atoms. The first kappa shape index (κ1) is 10.1. The van der Waals surface area contributed by atoms with Crippen molar-refractivity contribution in [3.63, 3.8) is 0 Å². The maximum absolute atomic E-state index is 9.23. The molecule has 1 N–H and O–H groups in total. The van der Waals surface area contributed by atoms with Gasteiger partial charge in [-0.3, -0.25) is 4.90 Å². The van der Waals surface area contributed by atoms with Gasteiger partial charge in [0, 0.05) is 18.0 Å². The van der Waals surface area contributed by atoms with Gasteiger partial charge in [0.1, 0.15) is 0 Å². The van der Waals surface area contributed by atoms with Crippen LogP contribution in [0.25, 0.3) is 0 Å². The average molecular weight is 212 g/mol. The van der Waals surface area contributed by atoms with Gasteiger partial charge < -0.3 is 5.11 Å². The summed E-state index contributed by atoms with van der Waals surface area (Å²) in [7, 11) is 0. The van der Waals surface area contributed by atoms with Crippen molar-refractivity contribution >= 4 is 11.3 Å². The fourth-order valence-electron chi connectivity index (χ4n) is 2.00. The van der Waals surface area contributed by atoms with Gasteiger partial charge in [-0.2, -0.15) is 0 Å². The van der Waals surface area contributed by atoms with Gasteiger partial charge in [0.25, 0.3) is 0 Å². The molecule has 2 heterocycles. The van der Waals surface area contributed by atoms with Crippen LogP contribution in [0.1, 0.15) is 25.0 Å². The zero-order valence-electron chi connectivity index (χ0n) is 8.22. The molecule has 1 fully saturated rings. The van der Waals surface area contributed by atoms with Crippen LogP contribution < -0.4 is 0 Å². The summed E-state index contributed by atoms with van der Waals surface area (Å²) in [6, 6.07) is 0.352. The number of aliphatic hydroxyl groups excluding tert-OH is 1. The quantitative estimate of drug-likeness (QED) is 0.824. The van der Waals surface area contributed by atoms with E-state index in [1.54, 1.807) is 11.3 Å². The molecule has 1 aromatic rings. The smallest absolute Gasteiger partial charge is 0.0795 e. The number of piperidine rings is 1. The monoisotopic (exact) mass is 212 g/mol. The molecule has 0 aromatic carbocycles. The second kappa shape index (κ2) is 4.87. The van der Waals surface area contributed by atoms with Crippen LogP contribution in [0.4, 0.5) is 0 Å². The summed E-state index contributed by atoms with van der Waals surface area (Å²) in [6.07, 6.45) is 3.63. The molecule has 3 nitrogen and oxygen atoms in total. The maximum atomic E-state index is 9.23. The summed E-state index contributed by atoms with van der Waals surface area (Å²) in [6.45, 7) is 2.28. The lowest BCUT2D eigenvalue weighted by molar-refractivity contribution is 0.0832. The topological polar surface area (TPSA) is 36.4 Å². The van der Waals surface area contributed by atoms with E-state index >= 15 is 0 Å². The SMILES string of the molecule is OCC1CCCCN1Cc1cscn1. The van der Waals surface area contributed by atoms with Gasteiger partial charge in [0.15, 0.2) is 0 Å². The van der Waals surface area contributed by atoms with Crippen molar-refractivity contribution in [3.05, 3.63) is 16.6 Å². The van der Waals surface area contributed by atoms with E-state index in [-0.39, 0.29) is 6.61 Å². The summed E-state index contributed by atoms with van der Waals surface area (Å²) >= 11 is 1.64. The normalized spacial score (nSPS) is 23.9. The first-order valence-electron chi connectivity index (χ1n) is 5.12. The summed E-state index contributed by atoms with van der Waals surface area (Å²) in [5.74, 6) is 0. The van der Waals surface area contributed by atoms with E-state index in [2.05, 4.69) is 15.3 Å². The molecule has 0 aliphatic carbocycles. The standard InChI is InChI=1S/C10H16N2OS/c13-6-10-3-1-2-4-12(10)5-9-7-14-8-11-9/h7-8,10,13H,1-6H2. The van der Waals surface area contributed by atoms with Crippen LogP contribution >= 0.6 is 11.3 Å². The highest BCUT2D eigenvalue weighted by Crippen LogP contribution is 2.19.